The molecule has 0 aliphatic heterocycles. The van der Waals surface area contributed by atoms with Crippen LogP contribution in [0.3, 0.4) is 0 Å². The Morgan fingerprint density at radius 1 is 1.12 bits per heavy atom. The minimum absolute atomic E-state index is 0.142. The minimum atomic E-state index is -4.60. The molecular formula is C17H13F3N4O2. The van der Waals surface area contributed by atoms with E-state index in [0.29, 0.717) is 22.2 Å². The number of anilines is 2. The molecule has 2 heterocycles. The first kappa shape index (κ1) is 17.6. The van der Waals surface area contributed by atoms with Gasteiger partial charge >= 0.3 is 12.2 Å². The highest BCUT2D eigenvalue weighted by Crippen LogP contribution is 2.28. The van der Waals surface area contributed by atoms with Crippen LogP contribution in [0, 0.1) is 0 Å². The third kappa shape index (κ3) is 3.89. The number of amides is 2. The number of hydrogen-bond acceptors (Lipinski definition) is 4. The second-order valence-electron chi connectivity index (χ2n) is 5.35. The van der Waals surface area contributed by atoms with Crippen LogP contribution in [0.1, 0.15) is 11.3 Å². The Bertz CT molecular complexity index is 960. The van der Waals surface area contributed by atoms with Crippen LogP contribution in [-0.2, 0) is 12.8 Å². The Balaban J connectivity index is 1.80. The van der Waals surface area contributed by atoms with Crippen molar-refractivity contribution in [1.82, 2.24) is 9.97 Å². The van der Waals surface area contributed by atoms with Gasteiger partial charge in [0.15, 0.2) is 0 Å². The van der Waals surface area contributed by atoms with E-state index in [2.05, 4.69) is 20.6 Å². The quantitative estimate of drug-likeness (QED) is 0.662. The fourth-order valence-corrected chi connectivity index (χ4v) is 2.33. The van der Waals surface area contributed by atoms with Crippen LogP contribution in [0.2, 0.25) is 0 Å². The lowest BCUT2D eigenvalue weighted by molar-refractivity contribution is -0.141. The van der Waals surface area contributed by atoms with Crippen LogP contribution in [0.5, 0.6) is 0 Å². The van der Waals surface area contributed by atoms with Gasteiger partial charge in [-0.15, -0.1) is 0 Å². The zero-order chi connectivity index (χ0) is 18.7. The molecule has 6 nitrogen and oxygen atoms in total. The third-order valence-electron chi connectivity index (χ3n) is 3.52. The number of aliphatic hydroxyl groups excluding tert-OH is 1. The molecule has 1 aromatic carbocycles. The van der Waals surface area contributed by atoms with Gasteiger partial charge in [-0.1, -0.05) is 18.2 Å². The zero-order valence-corrected chi connectivity index (χ0v) is 13.2. The number of nitrogens with one attached hydrogen (secondary N) is 2. The highest BCUT2D eigenvalue weighted by atomic mass is 19.4. The van der Waals surface area contributed by atoms with Crippen LogP contribution < -0.4 is 10.6 Å². The van der Waals surface area contributed by atoms with Crippen molar-refractivity contribution in [1.29, 1.82) is 0 Å². The van der Waals surface area contributed by atoms with E-state index in [4.69, 9.17) is 5.11 Å². The number of benzene rings is 1. The Morgan fingerprint density at radius 3 is 2.65 bits per heavy atom. The first-order valence-corrected chi connectivity index (χ1v) is 7.47. The van der Waals surface area contributed by atoms with Crippen molar-refractivity contribution in [3.8, 4) is 0 Å². The summed E-state index contributed by atoms with van der Waals surface area (Å²) in [5.74, 6) is -0.224. The van der Waals surface area contributed by atoms with Gasteiger partial charge in [-0.05, 0) is 29.8 Å². The molecular weight excluding hydrogens is 349 g/mol. The van der Waals surface area contributed by atoms with E-state index < -0.39 is 17.9 Å². The lowest BCUT2D eigenvalue weighted by Crippen LogP contribution is -2.21. The van der Waals surface area contributed by atoms with E-state index >= 15 is 0 Å². The highest BCUT2D eigenvalue weighted by Gasteiger charge is 2.32. The van der Waals surface area contributed by atoms with E-state index in [9.17, 15) is 18.0 Å². The van der Waals surface area contributed by atoms with Crippen molar-refractivity contribution in [2.24, 2.45) is 0 Å². The lowest BCUT2D eigenvalue weighted by atomic mass is 10.1. The summed E-state index contributed by atoms with van der Waals surface area (Å²) in [6.45, 7) is -0.142. The van der Waals surface area contributed by atoms with E-state index in [1.54, 1.807) is 24.3 Å². The molecule has 0 saturated heterocycles. The lowest BCUT2D eigenvalue weighted by Gasteiger charge is -2.11. The number of urea groups is 1. The predicted octanol–water partition coefficient (Wildman–Crippen LogP) is 3.78. The fourth-order valence-electron chi connectivity index (χ4n) is 2.33. The predicted molar refractivity (Wildman–Crippen MR) is 89.5 cm³/mol. The molecule has 0 atom stereocenters. The van der Waals surface area contributed by atoms with E-state index in [1.807, 2.05) is 0 Å². The SMILES string of the molecule is O=C(Nc1cccc(C(F)(F)F)n1)Nc1ccnc2cc(CO)ccc12. The van der Waals surface area contributed by atoms with Crippen molar-refractivity contribution in [3.05, 3.63) is 59.9 Å². The van der Waals surface area contributed by atoms with E-state index in [1.165, 1.54) is 12.3 Å². The maximum absolute atomic E-state index is 12.7. The first-order chi connectivity index (χ1) is 12.4. The van der Waals surface area contributed by atoms with Gasteiger partial charge in [0.05, 0.1) is 17.8 Å². The number of hydrogen-bond donors (Lipinski definition) is 3. The molecule has 0 aliphatic rings. The van der Waals surface area contributed by atoms with Crippen LogP contribution in [0.15, 0.2) is 48.7 Å². The van der Waals surface area contributed by atoms with Gasteiger partial charge in [0.1, 0.15) is 11.5 Å². The maximum Gasteiger partial charge on any atom is 0.433 e. The molecule has 0 bridgehead atoms. The Labute approximate surface area is 145 Å². The smallest absolute Gasteiger partial charge is 0.392 e. The number of halogens is 3. The number of alkyl halides is 3. The van der Waals surface area contributed by atoms with Crippen molar-refractivity contribution in [3.63, 3.8) is 0 Å². The summed E-state index contributed by atoms with van der Waals surface area (Å²) in [6, 6.07) is 9.09. The summed E-state index contributed by atoms with van der Waals surface area (Å²) in [7, 11) is 0. The molecule has 0 spiro atoms. The Kier molecular flexibility index (Phi) is 4.72. The average Bonchev–Trinajstić information content (AvgIpc) is 2.61. The van der Waals surface area contributed by atoms with Gasteiger partial charge < -0.3 is 10.4 Å². The third-order valence-corrected chi connectivity index (χ3v) is 3.52. The first-order valence-electron chi connectivity index (χ1n) is 7.47. The molecule has 2 aromatic heterocycles. The number of nitrogens with zero attached hydrogens (tertiary/aromatic N) is 2. The second-order valence-corrected chi connectivity index (χ2v) is 5.35. The summed E-state index contributed by atoms with van der Waals surface area (Å²) >= 11 is 0. The molecule has 0 radical (unpaired) electrons. The highest BCUT2D eigenvalue weighted by molar-refractivity contribution is 6.05. The van der Waals surface area contributed by atoms with Crippen LogP contribution in [0.4, 0.5) is 29.5 Å². The summed E-state index contributed by atoms with van der Waals surface area (Å²) in [5, 5.41) is 14.6. The molecule has 2 amide bonds. The van der Waals surface area contributed by atoms with Gasteiger partial charge in [0.2, 0.25) is 0 Å². The molecule has 0 aliphatic carbocycles. The van der Waals surface area contributed by atoms with Gasteiger partial charge in [-0.25, -0.2) is 9.78 Å². The number of rotatable bonds is 3. The largest absolute Gasteiger partial charge is 0.433 e. The average molecular weight is 362 g/mol. The number of fused-ring (bicyclic) bond motifs is 1. The van der Waals surface area contributed by atoms with Gasteiger partial charge in [0, 0.05) is 11.6 Å². The maximum atomic E-state index is 12.7. The van der Waals surface area contributed by atoms with Gasteiger partial charge in [0.25, 0.3) is 0 Å². The monoisotopic (exact) mass is 362 g/mol. The van der Waals surface area contributed by atoms with E-state index in [-0.39, 0.29) is 12.4 Å². The van der Waals surface area contributed by atoms with Crippen LogP contribution in [-0.4, -0.2) is 21.1 Å². The molecule has 9 heteroatoms. The summed E-state index contributed by atoms with van der Waals surface area (Å²) in [4.78, 5) is 19.6. The molecule has 0 fully saturated rings. The Morgan fingerprint density at radius 2 is 1.92 bits per heavy atom. The minimum Gasteiger partial charge on any atom is -0.392 e. The Hall–Kier alpha value is -3.20. The van der Waals surface area contributed by atoms with E-state index in [0.717, 1.165) is 12.1 Å². The normalized spacial score (nSPS) is 11.4. The fraction of sp³-hybridized carbons (Fsp3) is 0.118. The topological polar surface area (TPSA) is 87.1 Å². The van der Waals surface area contributed by atoms with Gasteiger partial charge in [-0.3, -0.25) is 10.3 Å². The summed E-state index contributed by atoms with van der Waals surface area (Å²) < 4.78 is 38.0. The second kappa shape index (κ2) is 6.96. The van der Waals surface area contributed by atoms with Crippen molar-refractivity contribution < 1.29 is 23.1 Å². The van der Waals surface area contributed by atoms with Gasteiger partial charge in [-0.2, -0.15) is 13.2 Å². The zero-order valence-electron chi connectivity index (χ0n) is 13.2. The summed E-state index contributed by atoms with van der Waals surface area (Å²) in [6.07, 6.45) is -3.12. The number of carbonyl (C=O) groups excluding carboxylic acids is 1. The van der Waals surface area contributed by atoms with Crippen molar-refractivity contribution in [2.75, 3.05) is 10.6 Å². The van der Waals surface area contributed by atoms with Crippen LogP contribution in [0.25, 0.3) is 10.9 Å². The molecule has 134 valence electrons. The number of aromatic nitrogens is 2. The van der Waals surface area contributed by atoms with Crippen molar-refractivity contribution in [2.45, 2.75) is 12.8 Å². The van der Waals surface area contributed by atoms with Crippen LogP contribution >= 0.6 is 0 Å². The number of pyridine rings is 2. The summed E-state index contributed by atoms with van der Waals surface area (Å²) in [5.41, 5.74) is 0.552. The molecule has 0 saturated carbocycles. The molecule has 26 heavy (non-hydrogen) atoms. The molecule has 0 unspecified atom stereocenters. The molecule has 3 N–H and O–H groups in total. The standard InChI is InChI=1S/C17H13F3N4O2/c18-17(19,20)14-2-1-3-15(23-14)24-16(26)22-12-6-7-21-13-8-10(9-25)4-5-11(12)13/h1-8,25H,9H2,(H2,21,22,23,24,26). The number of carbonyl (C=O) groups is 1. The molecule has 3 rings (SSSR count). The molecule has 3 aromatic rings. The number of aliphatic hydroxyl groups is 1. The van der Waals surface area contributed by atoms with Crippen molar-refractivity contribution >= 4 is 28.4 Å².